The van der Waals surface area contributed by atoms with Gasteiger partial charge in [-0.2, -0.15) is 0 Å². The number of esters is 1. The molecule has 0 aliphatic carbocycles. The van der Waals surface area contributed by atoms with Crippen LogP contribution in [-0.2, 0) is 9.53 Å². The second kappa shape index (κ2) is 4.32. The van der Waals surface area contributed by atoms with Crippen LogP contribution in [0.5, 0.6) is 5.75 Å². The zero-order chi connectivity index (χ0) is 13.3. The van der Waals surface area contributed by atoms with Crippen LogP contribution < -0.4 is 10.1 Å². The van der Waals surface area contributed by atoms with E-state index in [0.717, 1.165) is 13.2 Å². The largest absolute Gasteiger partial charge is 0.482 e. The number of anilines is 1. The molecule has 1 amide bonds. The molecule has 0 atom stereocenters. The van der Waals surface area contributed by atoms with Crippen molar-refractivity contribution >= 4 is 23.3 Å². The number of fused-ring (bicyclic) bond motifs is 1. The monoisotopic (exact) mass is 252 g/mol. The van der Waals surface area contributed by atoms with E-state index in [4.69, 9.17) is 4.74 Å². The van der Waals surface area contributed by atoms with Crippen molar-refractivity contribution < 1.29 is 24.0 Å². The fourth-order valence-corrected chi connectivity index (χ4v) is 1.54. The number of methoxy groups -OCH3 is 1. The Kier molecular flexibility index (Phi) is 2.84. The number of nitro benzene ring substituents is 1. The molecule has 8 nitrogen and oxygen atoms in total. The van der Waals surface area contributed by atoms with E-state index in [1.807, 2.05) is 0 Å². The second-order valence-corrected chi connectivity index (χ2v) is 3.45. The van der Waals surface area contributed by atoms with E-state index in [0.29, 0.717) is 0 Å². The van der Waals surface area contributed by atoms with E-state index >= 15 is 0 Å². The van der Waals surface area contributed by atoms with E-state index < -0.39 is 22.5 Å². The van der Waals surface area contributed by atoms with Gasteiger partial charge in [-0.15, -0.1) is 0 Å². The Labute approximate surface area is 101 Å². The highest BCUT2D eigenvalue weighted by Gasteiger charge is 2.27. The highest BCUT2D eigenvalue weighted by atomic mass is 16.6. The quantitative estimate of drug-likeness (QED) is 0.471. The lowest BCUT2D eigenvalue weighted by molar-refractivity contribution is -0.385. The van der Waals surface area contributed by atoms with E-state index in [1.54, 1.807) is 0 Å². The van der Waals surface area contributed by atoms with Crippen molar-refractivity contribution in [3.63, 3.8) is 0 Å². The zero-order valence-electron chi connectivity index (χ0n) is 9.26. The number of ether oxygens (including phenoxy) is 2. The topological polar surface area (TPSA) is 108 Å². The zero-order valence-corrected chi connectivity index (χ0v) is 9.26. The fraction of sp³-hybridized carbons (Fsp3) is 0.200. The average Bonchev–Trinajstić information content (AvgIpc) is 2.36. The molecule has 94 valence electrons. The van der Waals surface area contributed by atoms with Gasteiger partial charge in [0.15, 0.2) is 6.61 Å². The van der Waals surface area contributed by atoms with Crippen molar-refractivity contribution in [3.8, 4) is 5.75 Å². The molecule has 1 aromatic rings. The minimum atomic E-state index is -0.843. The molecule has 0 spiro atoms. The minimum absolute atomic E-state index is 0.158. The van der Waals surface area contributed by atoms with Crippen molar-refractivity contribution in [1.29, 1.82) is 0 Å². The number of nitro groups is 1. The van der Waals surface area contributed by atoms with Gasteiger partial charge in [0, 0.05) is 12.1 Å². The molecule has 1 aromatic carbocycles. The Morgan fingerprint density at radius 1 is 1.56 bits per heavy atom. The van der Waals surface area contributed by atoms with Crippen LogP contribution in [0.1, 0.15) is 10.4 Å². The summed E-state index contributed by atoms with van der Waals surface area (Å²) in [4.78, 5) is 32.6. The molecule has 18 heavy (non-hydrogen) atoms. The van der Waals surface area contributed by atoms with Crippen molar-refractivity contribution in [2.75, 3.05) is 19.0 Å². The Hall–Kier alpha value is -2.64. The van der Waals surface area contributed by atoms with Gasteiger partial charge in [-0.05, 0) is 0 Å². The first-order valence-corrected chi connectivity index (χ1v) is 4.86. The number of nitrogens with one attached hydrogen (secondary N) is 1. The molecule has 0 radical (unpaired) electrons. The van der Waals surface area contributed by atoms with E-state index in [1.165, 1.54) is 6.07 Å². The molecule has 0 saturated heterocycles. The summed E-state index contributed by atoms with van der Waals surface area (Å²) in [5, 5.41) is 13.3. The van der Waals surface area contributed by atoms with Crippen LogP contribution in [0.25, 0.3) is 0 Å². The SMILES string of the molecule is COC(=O)c1cc2c(cc1[N+](=O)[O-])NC(=O)CO2. The lowest BCUT2D eigenvalue weighted by atomic mass is 10.1. The van der Waals surface area contributed by atoms with Gasteiger partial charge >= 0.3 is 5.97 Å². The van der Waals surface area contributed by atoms with Gasteiger partial charge in [-0.3, -0.25) is 14.9 Å². The summed E-state index contributed by atoms with van der Waals surface area (Å²) >= 11 is 0. The van der Waals surface area contributed by atoms with Crippen LogP contribution in [0, 0.1) is 10.1 Å². The van der Waals surface area contributed by atoms with Crippen LogP contribution in [0.15, 0.2) is 12.1 Å². The summed E-state index contributed by atoms with van der Waals surface area (Å²) < 4.78 is 9.52. The van der Waals surface area contributed by atoms with Crippen molar-refractivity contribution in [2.45, 2.75) is 0 Å². The third-order valence-corrected chi connectivity index (χ3v) is 2.33. The van der Waals surface area contributed by atoms with Crippen LogP contribution in [-0.4, -0.2) is 30.5 Å². The van der Waals surface area contributed by atoms with Gasteiger partial charge in [0.1, 0.15) is 11.3 Å². The first-order chi connectivity index (χ1) is 8.52. The van der Waals surface area contributed by atoms with Crippen molar-refractivity contribution in [2.24, 2.45) is 0 Å². The molecular weight excluding hydrogens is 244 g/mol. The maximum Gasteiger partial charge on any atom is 0.345 e. The van der Waals surface area contributed by atoms with Crippen molar-refractivity contribution in [1.82, 2.24) is 0 Å². The molecule has 1 heterocycles. The van der Waals surface area contributed by atoms with Crippen LogP contribution in [0.4, 0.5) is 11.4 Å². The van der Waals surface area contributed by atoms with E-state index in [9.17, 15) is 19.7 Å². The fourth-order valence-electron chi connectivity index (χ4n) is 1.54. The number of nitrogens with zero attached hydrogens (tertiary/aromatic N) is 1. The molecule has 0 unspecified atom stereocenters. The number of hydrogen-bond acceptors (Lipinski definition) is 6. The smallest absolute Gasteiger partial charge is 0.345 e. The van der Waals surface area contributed by atoms with Crippen LogP contribution in [0.2, 0.25) is 0 Å². The first kappa shape index (κ1) is 11.8. The predicted molar refractivity (Wildman–Crippen MR) is 58.6 cm³/mol. The van der Waals surface area contributed by atoms with Gasteiger partial charge in [-0.1, -0.05) is 0 Å². The lowest BCUT2D eigenvalue weighted by Gasteiger charge is -2.18. The summed E-state index contributed by atoms with van der Waals surface area (Å²) in [7, 11) is 1.12. The Morgan fingerprint density at radius 3 is 2.89 bits per heavy atom. The van der Waals surface area contributed by atoms with Gasteiger partial charge in [0.25, 0.3) is 11.6 Å². The third kappa shape index (κ3) is 1.95. The summed E-state index contributed by atoms with van der Waals surface area (Å²) in [6.45, 7) is -0.203. The normalized spacial score (nSPS) is 13.1. The predicted octanol–water partition coefficient (Wildman–Crippen LogP) is 0.712. The first-order valence-electron chi connectivity index (χ1n) is 4.86. The van der Waals surface area contributed by atoms with Gasteiger partial charge in [0.2, 0.25) is 0 Å². The molecular formula is C10H8N2O6. The highest BCUT2D eigenvalue weighted by Crippen LogP contribution is 2.34. The van der Waals surface area contributed by atoms with Gasteiger partial charge in [0.05, 0.1) is 17.7 Å². The standard InChI is InChI=1S/C10H8N2O6/c1-17-10(14)5-2-8-6(3-7(5)12(15)16)11-9(13)4-18-8/h2-3H,4H2,1H3,(H,11,13). The summed E-state index contributed by atoms with van der Waals surface area (Å²) in [5.41, 5.74) is -0.519. The second-order valence-electron chi connectivity index (χ2n) is 3.45. The van der Waals surface area contributed by atoms with Crippen LogP contribution >= 0.6 is 0 Å². The number of carbonyl (C=O) groups is 2. The number of benzene rings is 1. The maximum atomic E-state index is 11.4. The van der Waals surface area contributed by atoms with Gasteiger partial charge in [-0.25, -0.2) is 4.79 Å². The lowest BCUT2D eigenvalue weighted by Crippen LogP contribution is -2.25. The molecule has 8 heteroatoms. The summed E-state index contributed by atoms with van der Waals surface area (Å²) in [6, 6.07) is 2.25. The Bertz CT molecular complexity index is 554. The van der Waals surface area contributed by atoms with Crippen LogP contribution in [0.3, 0.4) is 0 Å². The minimum Gasteiger partial charge on any atom is -0.482 e. The molecule has 0 saturated carbocycles. The molecule has 1 aliphatic heterocycles. The molecule has 1 aliphatic rings. The number of rotatable bonds is 2. The average molecular weight is 252 g/mol. The summed E-state index contributed by atoms with van der Waals surface area (Å²) in [6.07, 6.45) is 0. The molecule has 0 bridgehead atoms. The molecule has 2 rings (SSSR count). The number of carbonyl (C=O) groups excluding carboxylic acids is 2. The molecule has 1 N–H and O–H groups in total. The van der Waals surface area contributed by atoms with Gasteiger partial charge < -0.3 is 14.8 Å². The molecule has 0 fully saturated rings. The van der Waals surface area contributed by atoms with Crippen molar-refractivity contribution in [3.05, 3.63) is 27.8 Å². The molecule has 0 aromatic heterocycles. The Morgan fingerprint density at radius 2 is 2.28 bits per heavy atom. The number of hydrogen-bond donors (Lipinski definition) is 1. The third-order valence-electron chi connectivity index (χ3n) is 2.33. The number of amides is 1. The van der Waals surface area contributed by atoms with E-state index in [-0.39, 0.29) is 23.6 Å². The highest BCUT2D eigenvalue weighted by molar-refractivity contribution is 6.00. The summed E-state index contributed by atoms with van der Waals surface area (Å²) in [5.74, 6) is -1.06. The maximum absolute atomic E-state index is 11.4. The Balaban J connectivity index is 2.57. The van der Waals surface area contributed by atoms with E-state index in [2.05, 4.69) is 10.1 Å².